The summed E-state index contributed by atoms with van der Waals surface area (Å²) in [5.41, 5.74) is 0.976. The number of carboxylic acid groups (broad SMARTS) is 1. The van der Waals surface area contributed by atoms with E-state index in [0.29, 0.717) is 16.7 Å². The van der Waals surface area contributed by atoms with E-state index in [1.54, 1.807) is 6.07 Å². The second-order valence-corrected chi connectivity index (χ2v) is 3.95. The van der Waals surface area contributed by atoms with Gasteiger partial charge in [-0.25, -0.2) is 13.6 Å². The zero-order chi connectivity index (χ0) is 13.3. The molecule has 0 aliphatic carbocycles. The molecule has 0 fully saturated rings. The van der Waals surface area contributed by atoms with Crippen molar-refractivity contribution in [1.29, 1.82) is 0 Å². The number of hydrogen-bond donors (Lipinski definition) is 1. The van der Waals surface area contributed by atoms with Crippen molar-refractivity contribution < 1.29 is 18.7 Å². The van der Waals surface area contributed by atoms with Crippen LogP contribution in [0.15, 0.2) is 36.4 Å². The molecule has 0 aliphatic rings. The van der Waals surface area contributed by atoms with Crippen LogP contribution in [0.3, 0.4) is 0 Å². The summed E-state index contributed by atoms with van der Waals surface area (Å²) in [4.78, 5) is 10.9. The van der Waals surface area contributed by atoms with Gasteiger partial charge in [0.05, 0.1) is 5.56 Å². The molecular weight excluding hydrogens is 238 g/mol. The molecule has 0 amide bonds. The monoisotopic (exact) mass is 248 g/mol. The number of aromatic carboxylic acids is 1. The molecule has 0 spiro atoms. The third-order valence-electron chi connectivity index (χ3n) is 2.73. The summed E-state index contributed by atoms with van der Waals surface area (Å²) in [6.45, 7) is 1.53. The lowest BCUT2D eigenvalue weighted by Gasteiger charge is -2.09. The van der Waals surface area contributed by atoms with E-state index in [1.165, 1.54) is 31.2 Å². The average Bonchev–Trinajstić information content (AvgIpc) is 2.32. The summed E-state index contributed by atoms with van der Waals surface area (Å²) < 4.78 is 26.8. The van der Waals surface area contributed by atoms with Crippen LogP contribution in [0.1, 0.15) is 15.9 Å². The van der Waals surface area contributed by atoms with Crippen molar-refractivity contribution in [2.24, 2.45) is 0 Å². The molecule has 0 unspecified atom stereocenters. The van der Waals surface area contributed by atoms with Gasteiger partial charge < -0.3 is 5.11 Å². The molecule has 0 saturated carbocycles. The van der Waals surface area contributed by atoms with Gasteiger partial charge in [-0.1, -0.05) is 12.1 Å². The van der Waals surface area contributed by atoms with Crippen LogP contribution in [0.5, 0.6) is 0 Å². The first kappa shape index (κ1) is 12.2. The number of benzene rings is 2. The summed E-state index contributed by atoms with van der Waals surface area (Å²) >= 11 is 0. The van der Waals surface area contributed by atoms with Crippen molar-refractivity contribution in [3.05, 3.63) is 59.2 Å². The summed E-state index contributed by atoms with van der Waals surface area (Å²) in [6.07, 6.45) is 0. The van der Waals surface area contributed by atoms with Gasteiger partial charge in [-0.15, -0.1) is 0 Å². The predicted octanol–water partition coefficient (Wildman–Crippen LogP) is 3.64. The summed E-state index contributed by atoms with van der Waals surface area (Å²) in [5.74, 6) is -2.28. The first-order chi connectivity index (χ1) is 8.49. The Labute approximate surface area is 103 Å². The van der Waals surface area contributed by atoms with Crippen LogP contribution in [-0.2, 0) is 0 Å². The highest BCUT2D eigenvalue weighted by Crippen LogP contribution is 2.27. The lowest BCUT2D eigenvalue weighted by molar-refractivity contribution is 0.0696. The third kappa shape index (κ3) is 2.22. The molecule has 18 heavy (non-hydrogen) atoms. The van der Waals surface area contributed by atoms with E-state index in [1.807, 2.05) is 0 Å². The maximum atomic E-state index is 13.6. The largest absolute Gasteiger partial charge is 0.478 e. The molecule has 4 heteroatoms. The lowest BCUT2D eigenvalue weighted by Crippen LogP contribution is -2.00. The molecular formula is C14H10F2O2. The summed E-state index contributed by atoms with van der Waals surface area (Å²) in [5, 5.41) is 8.89. The topological polar surface area (TPSA) is 37.3 Å². The van der Waals surface area contributed by atoms with Crippen LogP contribution in [0.25, 0.3) is 11.1 Å². The highest BCUT2D eigenvalue weighted by molar-refractivity contribution is 5.90. The maximum absolute atomic E-state index is 13.6. The fourth-order valence-corrected chi connectivity index (χ4v) is 1.76. The molecule has 92 valence electrons. The van der Waals surface area contributed by atoms with Gasteiger partial charge in [-0.05, 0) is 47.9 Å². The van der Waals surface area contributed by atoms with Crippen molar-refractivity contribution in [3.63, 3.8) is 0 Å². The van der Waals surface area contributed by atoms with Gasteiger partial charge in [-0.3, -0.25) is 0 Å². The molecule has 2 nitrogen and oxygen atoms in total. The SMILES string of the molecule is Cc1c(F)cc(C(=O)O)cc1-c1cccc(F)c1. The predicted molar refractivity (Wildman–Crippen MR) is 63.5 cm³/mol. The van der Waals surface area contributed by atoms with Gasteiger partial charge in [0, 0.05) is 0 Å². The Kier molecular flexibility index (Phi) is 3.10. The Bertz CT molecular complexity index is 621. The van der Waals surface area contributed by atoms with Crippen LogP contribution in [0, 0.1) is 18.6 Å². The highest BCUT2D eigenvalue weighted by atomic mass is 19.1. The van der Waals surface area contributed by atoms with Crippen LogP contribution >= 0.6 is 0 Å². The lowest BCUT2D eigenvalue weighted by atomic mass is 9.97. The maximum Gasteiger partial charge on any atom is 0.335 e. The molecule has 0 aromatic heterocycles. The number of hydrogen-bond acceptors (Lipinski definition) is 1. The Hall–Kier alpha value is -2.23. The third-order valence-corrected chi connectivity index (χ3v) is 2.73. The van der Waals surface area contributed by atoms with Gasteiger partial charge in [0.15, 0.2) is 0 Å². The standard InChI is InChI=1S/C14H10F2O2/c1-8-12(9-3-2-4-11(15)5-9)6-10(14(17)18)7-13(8)16/h2-7H,1H3,(H,17,18). The number of carboxylic acids is 1. The van der Waals surface area contributed by atoms with Gasteiger partial charge in [0.2, 0.25) is 0 Å². The smallest absolute Gasteiger partial charge is 0.335 e. The number of carbonyl (C=O) groups is 1. The van der Waals surface area contributed by atoms with E-state index in [2.05, 4.69) is 0 Å². The second kappa shape index (κ2) is 4.56. The minimum absolute atomic E-state index is 0.155. The van der Waals surface area contributed by atoms with Crippen molar-refractivity contribution in [2.75, 3.05) is 0 Å². The van der Waals surface area contributed by atoms with E-state index in [0.717, 1.165) is 6.07 Å². The first-order valence-corrected chi connectivity index (χ1v) is 5.28. The zero-order valence-electron chi connectivity index (χ0n) is 9.58. The fraction of sp³-hybridized carbons (Fsp3) is 0.0714. The molecule has 2 aromatic rings. The van der Waals surface area contributed by atoms with Gasteiger partial charge in [0.25, 0.3) is 0 Å². The van der Waals surface area contributed by atoms with Gasteiger partial charge >= 0.3 is 5.97 Å². The quantitative estimate of drug-likeness (QED) is 0.880. The van der Waals surface area contributed by atoms with Crippen molar-refractivity contribution in [3.8, 4) is 11.1 Å². The van der Waals surface area contributed by atoms with Crippen molar-refractivity contribution in [1.82, 2.24) is 0 Å². The van der Waals surface area contributed by atoms with Crippen LogP contribution in [-0.4, -0.2) is 11.1 Å². The zero-order valence-corrected chi connectivity index (χ0v) is 9.58. The minimum atomic E-state index is -1.22. The molecule has 2 rings (SSSR count). The normalized spacial score (nSPS) is 10.4. The Morgan fingerprint density at radius 2 is 1.89 bits per heavy atom. The Balaban J connectivity index is 2.66. The molecule has 0 atom stereocenters. The van der Waals surface area contributed by atoms with E-state index < -0.39 is 17.6 Å². The fourth-order valence-electron chi connectivity index (χ4n) is 1.76. The van der Waals surface area contributed by atoms with Gasteiger partial charge in [0.1, 0.15) is 11.6 Å². The van der Waals surface area contributed by atoms with Crippen LogP contribution < -0.4 is 0 Å². The summed E-state index contributed by atoms with van der Waals surface area (Å²) in [7, 11) is 0. The molecule has 0 heterocycles. The Morgan fingerprint density at radius 1 is 1.17 bits per heavy atom. The molecule has 0 aliphatic heterocycles. The van der Waals surface area contributed by atoms with E-state index in [4.69, 9.17) is 5.11 Å². The molecule has 2 aromatic carbocycles. The first-order valence-electron chi connectivity index (χ1n) is 5.28. The highest BCUT2D eigenvalue weighted by Gasteiger charge is 2.13. The average molecular weight is 248 g/mol. The van der Waals surface area contributed by atoms with Crippen LogP contribution in [0.4, 0.5) is 8.78 Å². The second-order valence-electron chi connectivity index (χ2n) is 3.95. The van der Waals surface area contributed by atoms with Crippen LogP contribution in [0.2, 0.25) is 0 Å². The molecule has 0 radical (unpaired) electrons. The number of halogens is 2. The van der Waals surface area contributed by atoms with Gasteiger partial charge in [-0.2, -0.15) is 0 Å². The molecule has 1 N–H and O–H groups in total. The minimum Gasteiger partial charge on any atom is -0.478 e. The van der Waals surface area contributed by atoms with Crippen molar-refractivity contribution >= 4 is 5.97 Å². The molecule has 0 saturated heterocycles. The molecule has 0 bridgehead atoms. The van der Waals surface area contributed by atoms with E-state index in [-0.39, 0.29) is 5.56 Å². The Morgan fingerprint density at radius 3 is 2.50 bits per heavy atom. The number of rotatable bonds is 2. The van der Waals surface area contributed by atoms with E-state index in [9.17, 15) is 13.6 Å². The van der Waals surface area contributed by atoms with Crippen molar-refractivity contribution in [2.45, 2.75) is 6.92 Å². The summed E-state index contributed by atoms with van der Waals surface area (Å²) in [6, 6.07) is 7.92. The van der Waals surface area contributed by atoms with E-state index >= 15 is 0 Å².